The molecule has 0 aliphatic rings. The van der Waals surface area contributed by atoms with Crippen LogP contribution in [0.4, 0.5) is 5.69 Å². The highest BCUT2D eigenvalue weighted by atomic mass is 79.9. The van der Waals surface area contributed by atoms with E-state index in [2.05, 4.69) is 21.2 Å². The van der Waals surface area contributed by atoms with Crippen LogP contribution in [0.15, 0.2) is 22.7 Å². The Morgan fingerprint density at radius 2 is 2.11 bits per heavy atom. The summed E-state index contributed by atoms with van der Waals surface area (Å²) in [6.07, 6.45) is 0.322. The Kier molecular flexibility index (Phi) is 5.15. The van der Waals surface area contributed by atoms with E-state index in [1.54, 1.807) is 37.2 Å². The van der Waals surface area contributed by atoms with Crippen LogP contribution in [0.25, 0.3) is 0 Å². The molecule has 0 aliphatic carbocycles. The van der Waals surface area contributed by atoms with Crippen molar-refractivity contribution >= 4 is 33.5 Å². The fourth-order valence-electron chi connectivity index (χ4n) is 1.53. The molecule has 0 aliphatic heterocycles. The standard InChI is InChI=1S/C12H15BrN2O3/c1-14-11(16)5-6-15(2)10-4-3-8(13)7-9(10)12(17)18/h3-4,7H,5-6H2,1-2H3,(H,14,16)(H,17,18). The fraction of sp³-hybridized carbons (Fsp3) is 0.333. The molecular formula is C12H15BrN2O3. The van der Waals surface area contributed by atoms with Crippen molar-refractivity contribution in [2.45, 2.75) is 6.42 Å². The second kappa shape index (κ2) is 6.39. The Morgan fingerprint density at radius 1 is 1.44 bits per heavy atom. The van der Waals surface area contributed by atoms with E-state index in [9.17, 15) is 9.59 Å². The van der Waals surface area contributed by atoms with Crippen LogP contribution in [-0.2, 0) is 4.79 Å². The lowest BCUT2D eigenvalue weighted by atomic mass is 10.1. The molecule has 1 amide bonds. The van der Waals surface area contributed by atoms with Crippen molar-refractivity contribution in [2.75, 3.05) is 25.5 Å². The van der Waals surface area contributed by atoms with Gasteiger partial charge in [0.25, 0.3) is 0 Å². The van der Waals surface area contributed by atoms with Crippen molar-refractivity contribution in [3.8, 4) is 0 Å². The van der Waals surface area contributed by atoms with Crippen molar-refractivity contribution in [2.24, 2.45) is 0 Å². The summed E-state index contributed by atoms with van der Waals surface area (Å²) >= 11 is 3.24. The van der Waals surface area contributed by atoms with Crippen LogP contribution in [-0.4, -0.2) is 37.6 Å². The van der Waals surface area contributed by atoms with Gasteiger partial charge in [-0.15, -0.1) is 0 Å². The van der Waals surface area contributed by atoms with Crippen LogP contribution in [0.5, 0.6) is 0 Å². The number of benzene rings is 1. The molecular weight excluding hydrogens is 300 g/mol. The lowest BCUT2D eigenvalue weighted by Crippen LogP contribution is -2.27. The van der Waals surface area contributed by atoms with Gasteiger partial charge < -0.3 is 15.3 Å². The molecule has 0 unspecified atom stereocenters. The first-order valence-corrected chi connectivity index (χ1v) is 6.19. The molecule has 5 nitrogen and oxygen atoms in total. The van der Waals surface area contributed by atoms with Crippen molar-refractivity contribution in [3.63, 3.8) is 0 Å². The van der Waals surface area contributed by atoms with Gasteiger partial charge in [0.2, 0.25) is 5.91 Å². The predicted octanol–water partition coefficient (Wildman–Crippen LogP) is 1.72. The maximum atomic E-state index is 11.2. The van der Waals surface area contributed by atoms with Gasteiger partial charge in [-0.1, -0.05) is 15.9 Å². The molecule has 0 saturated heterocycles. The molecule has 6 heteroatoms. The molecule has 0 aromatic heterocycles. The Labute approximate surface area is 114 Å². The van der Waals surface area contributed by atoms with Crippen LogP contribution in [0.3, 0.4) is 0 Å². The van der Waals surface area contributed by atoms with E-state index in [1.165, 1.54) is 0 Å². The number of carbonyl (C=O) groups is 2. The number of nitrogens with one attached hydrogen (secondary N) is 1. The van der Waals surface area contributed by atoms with Crippen LogP contribution < -0.4 is 10.2 Å². The minimum Gasteiger partial charge on any atom is -0.478 e. The number of anilines is 1. The molecule has 1 aromatic rings. The number of carbonyl (C=O) groups excluding carboxylic acids is 1. The maximum Gasteiger partial charge on any atom is 0.337 e. The summed E-state index contributed by atoms with van der Waals surface area (Å²) in [4.78, 5) is 24.1. The van der Waals surface area contributed by atoms with Crippen LogP contribution in [0.1, 0.15) is 16.8 Å². The van der Waals surface area contributed by atoms with Crippen molar-refractivity contribution < 1.29 is 14.7 Å². The maximum absolute atomic E-state index is 11.2. The van der Waals surface area contributed by atoms with E-state index in [0.717, 1.165) is 0 Å². The van der Waals surface area contributed by atoms with Gasteiger partial charge in [0.1, 0.15) is 0 Å². The molecule has 0 atom stereocenters. The number of carboxylic acid groups (broad SMARTS) is 1. The van der Waals surface area contributed by atoms with Gasteiger partial charge in [0.15, 0.2) is 0 Å². The number of nitrogens with zero attached hydrogens (tertiary/aromatic N) is 1. The fourth-order valence-corrected chi connectivity index (χ4v) is 1.89. The molecule has 18 heavy (non-hydrogen) atoms. The second-order valence-corrected chi connectivity index (χ2v) is 4.73. The summed E-state index contributed by atoms with van der Waals surface area (Å²) in [7, 11) is 3.34. The topological polar surface area (TPSA) is 69.6 Å². The zero-order chi connectivity index (χ0) is 13.7. The van der Waals surface area contributed by atoms with Gasteiger partial charge in [-0.05, 0) is 18.2 Å². The lowest BCUT2D eigenvalue weighted by molar-refractivity contribution is -0.120. The summed E-state index contributed by atoms with van der Waals surface area (Å²) < 4.78 is 0.711. The van der Waals surface area contributed by atoms with Crippen LogP contribution in [0, 0.1) is 0 Å². The summed E-state index contributed by atoms with van der Waals surface area (Å²) in [5.74, 6) is -1.06. The van der Waals surface area contributed by atoms with Crippen molar-refractivity contribution in [1.29, 1.82) is 0 Å². The third kappa shape index (κ3) is 3.73. The summed E-state index contributed by atoms with van der Waals surface area (Å²) in [5.41, 5.74) is 0.804. The molecule has 2 N–H and O–H groups in total. The first-order chi connectivity index (χ1) is 8.45. The molecule has 0 fully saturated rings. The minimum atomic E-state index is -0.988. The summed E-state index contributed by atoms with van der Waals surface area (Å²) in [6, 6.07) is 5.05. The minimum absolute atomic E-state index is 0.0733. The summed E-state index contributed by atoms with van der Waals surface area (Å²) in [6.45, 7) is 0.460. The van der Waals surface area contributed by atoms with E-state index >= 15 is 0 Å². The molecule has 0 radical (unpaired) electrons. The van der Waals surface area contributed by atoms with Gasteiger partial charge in [-0.2, -0.15) is 0 Å². The SMILES string of the molecule is CNC(=O)CCN(C)c1ccc(Br)cc1C(=O)O. The Bertz CT molecular complexity index is 463. The Balaban J connectivity index is 2.88. The van der Waals surface area contributed by atoms with E-state index < -0.39 is 5.97 Å². The Hall–Kier alpha value is -1.56. The van der Waals surface area contributed by atoms with Gasteiger partial charge in [0.05, 0.1) is 11.3 Å². The van der Waals surface area contributed by atoms with E-state index in [0.29, 0.717) is 23.1 Å². The average molecular weight is 315 g/mol. The molecule has 1 aromatic carbocycles. The van der Waals surface area contributed by atoms with Gasteiger partial charge >= 0.3 is 5.97 Å². The third-order valence-corrected chi connectivity index (χ3v) is 3.05. The normalized spacial score (nSPS) is 9.94. The Morgan fingerprint density at radius 3 is 2.67 bits per heavy atom. The first kappa shape index (κ1) is 14.5. The predicted molar refractivity (Wildman–Crippen MR) is 73.1 cm³/mol. The quantitative estimate of drug-likeness (QED) is 0.868. The van der Waals surface area contributed by atoms with E-state index in [-0.39, 0.29) is 11.5 Å². The lowest BCUT2D eigenvalue weighted by Gasteiger charge is -2.21. The number of halogens is 1. The van der Waals surface area contributed by atoms with Gasteiger partial charge in [-0.25, -0.2) is 4.79 Å². The zero-order valence-corrected chi connectivity index (χ0v) is 11.8. The van der Waals surface area contributed by atoms with Crippen molar-refractivity contribution in [1.82, 2.24) is 5.32 Å². The summed E-state index contributed by atoms with van der Waals surface area (Å²) in [5, 5.41) is 11.7. The third-order valence-electron chi connectivity index (χ3n) is 2.55. The smallest absolute Gasteiger partial charge is 0.337 e. The second-order valence-electron chi connectivity index (χ2n) is 3.81. The average Bonchev–Trinajstić information content (AvgIpc) is 2.35. The molecule has 0 saturated carbocycles. The number of rotatable bonds is 5. The molecule has 98 valence electrons. The highest BCUT2D eigenvalue weighted by Gasteiger charge is 2.14. The zero-order valence-electron chi connectivity index (χ0n) is 10.2. The number of hydrogen-bond donors (Lipinski definition) is 2. The first-order valence-electron chi connectivity index (χ1n) is 5.40. The van der Waals surface area contributed by atoms with Gasteiger partial charge in [-0.3, -0.25) is 4.79 Å². The van der Waals surface area contributed by atoms with E-state index in [1.807, 2.05) is 0 Å². The molecule has 0 spiro atoms. The molecule has 0 heterocycles. The highest BCUT2D eigenvalue weighted by molar-refractivity contribution is 9.10. The molecule has 1 rings (SSSR count). The monoisotopic (exact) mass is 314 g/mol. The van der Waals surface area contributed by atoms with Crippen LogP contribution >= 0.6 is 15.9 Å². The van der Waals surface area contributed by atoms with E-state index in [4.69, 9.17) is 5.11 Å². The number of amides is 1. The number of aromatic carboxylic acids is 1. The largest absolute Gasteiger partial charge is 0.478 e. The van der Waals surface area contributed by atoms with Crippen molar-refractivity contribution in [3.05, 3.63) is 28.2 Å². The molecule has 0 bridgehead atoms. The van der Waals surface area contributed by atoms with Crippen LogP contribution in [0.2, 0.25) is 0 Å². The number of carboxylic acids is 1. The van der Waals surface area contributed by atoms with Gasteiger partial charge in [0, 0.05) is 31.5 Å². The number of hydrogen-bond acceptors (Lipinski definition) is 3. The highest BCUT2D eigenvalue weighted by Crippen LogP contribution is 2.24.